The van der Waals surface area contributed by atoms with Crippen LogP contribution in [0.5, 0.6) is 0 Å². The summed E-state index contributed by atoms with van der Waals surface area (Å²) in [6.07, 6.45) is 0.471. The van der Waals surface area contributed by atoms with Gasteiger partial charge in [-0.3, -0.25) is 9.69 Å². The first-order valence-corrected chi connectivity index (χ1v) is 12.1. The summed E-state index contributed by atoms with van der Waals surface area (Å²) in [4.78, 5) is 14.9. The van der Waals surface area contributed by atoms with E-state index in [1.165, 1.54) is 0 Å². The highest BCUT2D eigenvalue weighted by Crippen LogP contribution is 2.28. The van der Waals surface area contributed by atoms with Crippen LogP contribution in [0.4, 0.5) is 5.82 Å². The number of hydrogen-bond donors (Lipinski definition) is 1. The van der Waals surface area contributed by atoms with E-state index < -0.39 is 9.84 Å². The summed E-state index contributed by atoms with van der Waals surface area (Å²) in [5.74, 6) is 0.645. The first-order chi connectivity index (χ1) is 14.3. The lowest BCUT2D eigenvalue weighted by atomic mass is 10.1. The van der Waals surface area contributed by atoms with Crippen LogP contribution in [-0.4, -0.2) is 66.2 Å². The van der Waals surface area contributed by atoms with Gasteiger partial charge in [0.2, 0.25) is 5.91 Å². The maximum atomic E-state index is 12.8. The van der Waals surface area contributed by atoms with Gasteiger partial charge in [-0.1, -0.05) is 30.3 Å². The predicted octanol–water partition coefficient (Wildman–Crippen LogP) is 1.95. The number of rotatable bonds is 5. The molecule has 2 aliphatic heterocycles. The number of ether oxygens (including phenoxy) is 1. The Hall–Kier alpha value is -2.23. The van der Waals surface area contributed by atoms with E-state index in [2.05, 4.69) is 15.3 Å². The number of nitrogens with one attached hydrogen (secondary N) is 1. The van der Waals surface area contributed by atoms with Crippen molar-refractivity contribution in [2.24, 2.45) is 0 Å². The second kappa shape index (κ2) is 8.49. The molecule has 1 amide bonds. The van der Waals surface area contributed by atoms with E-state index in [0.717, 1.165) is 11.3 Å². The number of sulfone groups is 1. The molecule has 0 radical (unpaired) electrons. The molecule has 162 valence electrons. The lowest BCUT2D eigenvalue weighted by molar-refractivity contribution is -0.122. The monoisotopic (exact) mass is 432 g/mol. The van der Waals surface area contributed by atoms with Crippen molar-refractivity contribution in [3.8, 4) is 0 Å². The van der Waals surface area contributed by atoms with Gasteiger partial charge in [0.25, 0.3) is 0 Å². The summed E-state index contributed by atoms with van der Waals surface area (Å²) in [6.45, 7) is 5.41. The van der Waals surface area contributed by atoms with Crippen molar-refractivity contribution < 1.29 is 17.9 Å². The normalized spacial score (nSPS) is 26.5. The number of anilines is 1. The van der Waals surface area contributed by atoms with E-state index in [9.17, 15) is 13.2 Å². The third-order valence-corrected chi connectivity index (χ3v) is 7.30. The molecule has 3 heterocycles. The van der Waals surface area contributed by atoms with Gasteiger partial charge < -0.3 is 10.1 Å². The minimum atomic E-state index is -3.04. The van der Waals surface area contributed by atoms with Crippen molar-refractivity contribution in [2.75, 3.05) is 36.5 Å². The van der Waals surface area contributed by atoms with Crippen LogP contribution in [0.25, 0.3) is 0 Å². The molecule has 0 aliphatic carbocycles. The second-order valence-corrected chi connectivity index (χ2v) is 10.5. The van der Waals surface area contributed by atoms with Gasteiger partial charge in [-0.25, -0.2) is 13.1 Å². The summed E-state index contributed by atoms with van der Waals surface area (Å²) in [6, 6.07) is 11.6. The number of aromatic nitrogens is 2. The van der Waals surface area contributed by atoms with Gasteiger partial charge in [0.15, 0.2) is 9.84 Å². The first kappa shape index (κ1) is 21.0. The molecule has 1 N–H and O–H groups in total. The third kappa shape index (κ3) is 4.91. The summed E-state index contributed by atoms with van der Waals surface area (Å²) in [5, 5.41) is 7.36. The molecule has 3 unspecified atom stereocenters. The summed E-state index contributed by atoms with van der Waals surface area (Å²) in [7, 11) is -3.04. The Balaban J connectivity index is 1.41. The second-order valence-electron chi connectivity index (χ2n) is 8.26. The zero-order valence-corrected chi connectivity index (χ0v) is 18.1. The quantitative estimate of drug-likeness (QED) is 0.776. The molecule has 8 nitrogen and oxygen atoms in total. The summed E-state index contributed by atoms with van der Waals surface area (Å²) < 4.78 is 31.4. The number of carbonyl (C=O) groups is 1. The van der Waals surface area contributed by atoms with Gasteiger partial charge in [0.05, 0.1) is 42.0 Å². The van der Waals surface area contributed by atoms with E-state index >= 15 is 0 Å². The van der Waals surface area contributed by atoms with E-state index in [-0.39, 0.29) is 42.2 Å². The maximum Gasteiger partial charge on any atom is 0.239 e. The van der Waals surface area contributed by atoms with Crippen LogP contribution >= 0.6 is 0 Å². The van der Waals surface area contributed by atoms with Gasteiger partial charge in [-0.2, -0.15) is 5.10 Å². The first-order valence-electron chi connectivity index (χ1n) is 10.3. The number of carbonyl (C=O) groups excluding carboxylic acids is 1. The Morgan fingerprint density at radius 1 is 1.27 bits per heavy atom. The Labute approximate surface area is 177 Å². The number of benzene rings is 1. The third-order valence-electron chi connectivity index (χ3n) is 5.55. The molecule has 2 fully saturated rings. The van der Waals surface area contributed by atoms with Crippen LogP contribution in [0.2, 0.25) is 0 Å². The molecule has 0 spiro atoms. The SMILES string of the molecule is Cc1cc(NC(=O)CN2CC(C)OC(c3ccccc3)C2)n(C2CCS(=O)(=O)C2)n1. The van der Waals surface area contributed by atoms with Crippen molar-refractivity contribution in [1.29, 1.82) is 0 Å². The Morgan fingerprint density at radius 2 is 2.03 bits per heavy atom. The average molecular weight is 433 g/mol. The highest BCUT2D eigenvalue weighted by atomic mass is 32.2. The molecule has 2 aliphatic rings. The van der Waals surface area contributed by atoms with E-state index in [1.807, 2.05) is 44.2 Å². The van der Waals surface area contributed by atoms with Gasteiger partial charge in [0.1, 0.15) is 5.82 Å². The maximum absolute atomic E-state index is 12.8. The Bertz CT molecular complexity index is 1010. The largest absolute Gasteiger partial charge is 0.368 e. The number of amides is 1. The molecule has 9 heteroatoms. The molecule has 0 bridgehead atoms. The molecular weight excluding hydrogens is 404 g/mol. The molecule has 30 heavy (non-hydrogen) atoms. The molecule has 0 saturated carbocycles. The molecule has 4 rings (SSSR count). The topological polar surface area (TPSA) is 93.5 Å². The van der Waals surface area contributed by atoms with Gasteiger partial charge in [-0.05, 0) is 25.8 Å². The van der Waals surface area contributed by atoms with Gasteiger partial charge in [0, 0.05) is 19.2 Å². The number of nitrogens with zero attached hydrogens (tertiary/aromatic N) is 3. The average Bonchev–Trinajstić information content (AvgIpc) is 3.23. The van der Waals surface area contributed by atoms with E-state index in [0.29, 0.717) is 25.3 Å². The molecular formula is C21H28N4O4S. The Kier molecular flexibility index (Phi) is 5.95. The van der Waals surface area contributed by atoms with Gasteiger partial charge in [-0.15, -0.1) is 0 Å². The Morgan fingerprint density at radius 3 is 2.73 bits per heavy atom. The minimum absolute atomic E-state index is 0.0215. The number of hydrogen-bond acceptors (Lipinski definition) is 6. The predicted molar refractivity (Wildman–Crippen MR) is 114 cm³/mol. The van der Waals surface area contributed by atoms with E-state index in [4.69, 9.17) is 4.74 Å². The van der Waals surface area contributed by atoms with Crippen LogP contribution in [0, 0.1) is 6.92 Å². The number of morpholine rings is 1. The lowest BCUT2D eigenvalue weighted by Gasteiger charge is -2.36. The summed E-state index contributed by atoms with van der Waals surface area (Å²) >= 11 is 0. The van der Waals surface area contributed by atoms with Gasteiger partial charge >= 0.3 is 0 Å². The van der Waals surface area contributed by atoms with Crippen LogP contribution in [0.3, 0.4) is 0 Å². The van der Waals surface area contributed by atoms with Crippen molar-refractivity contribution in [3.05, 3.63) is 47.7 Å². The summed E-state index contributed by atoms with van der Waals surface area (Å²) in [5.41, 5.74) is 1.85. The highest BCUT2D eigenvalue weighted by Gasteiger charge is 2.32. The zero-order valence-electron chi connectivity index (χ0n) is 17.3. The van der Waals surface area contributed by atoms with E-state index in [1.54, 1.807) is 10.7 Å². The zero-order chi connectivity index (χ0) is 21.3. The fraction of sp³-hybridized carbons (Fsp3) is 0.524. The molecule has 2 aromatic rings. The molecule has 1 aromatic carbocycles. The van der Waals surface area contributed by atoms with Crippen LogP contribution in [0.15, 0.2) is 36.4 Å². The smallest absolute Gasteiger partial charge is 0.239 e. The number of aryl methyl sites for hydroxylation is 1. The fourth-order valence-corrected chi connectivity index (χ4v) is 5.95. The van der Waals surface area contributed by atoms with Crippen LogP contribution in [-0.2, 0) is 19.4 Å². The van der Waals surface area contributed by atoms with Crippen molar-refractivity contribution >= 4 is 21.6 Å². The minimum Gasteiger partial charge on any atom is -0.368 e. The fourth-order valence-electron chi connectivity index (χ4n) is 4.26. The molecule has 1 aromatic heterocycles. The molecule has 2 saturated heterocycles. The standard InChI is InChI=1S/C21H28N4O4S/c1-15-10-20(25(23-15)18-8-9-30(27,28)14-18)22-21(26)13-24-11-16(2)29-19(12-24)17-6-4-3-5-7-17/h3-7,10,16,18-19H,8-9,11-14H2,1-2H3,(H,22,26). The van der Waals surface area contributed by atoms with Crippen molar-refractivity contribution in [2.45, 2.75) is 38.5 Å². The van der Waals surface area contributed by atoms with Crippen LogP contribution < -0.4 is 5.32 Å². The van der Waals surface area contributed by atoms with Crippen molar-refractivity contribution in [1.82, 2.24) is 14.7 Å². The van der Waals surface area contributed by atoms with Crippen LogP contribution in [0.1, 0.15) is 36.7 Å². The molecule has 3 atom stereocenters. The lowest BCUT2D eigenvalue weighted by Crippen LogP contribution is -2.46. The van der Waals surface area contributed by atoms with Crippen molar-refractivity contribution in [3.63, 3.8) is 0 Å². The highest BCUT2D eigenvalue weighted by molar-refractivity contribution is 7.91.